The Bertz CT molecular complexity index is 1040. The van der Waals surface area contributed by atoms with Crippen molar-refractivity contribution in [2.24, 2.45) is 0 Å². The molecule has 1 N–H and O–H groups in total. The van der Waals surface area contributed by atoms with Crippen LogP contribution in [0.15, 0.2) is 59.0 Å². The number of nitrogens with zero attached hydrogens (tertiary/aromatic N) is 1. The maximum Gasteiger partial charge on any atom is 0.416 e. The number of alkyl halides is 3. The number of hydrogen-bond donors (Lipinski definition) is 1. The van der Waals surface area contributed by atoms with Gasteiger partial charge in [-0.3, -0.25) is 4.90 Å². The van der Waals surface area contributed by atoms with Gasteiger partial charge in [0.05, 0.1) is 17.4 Å². The first-order valence-electron chi connectivity index (χ1n) is 8.83. The van der Waals surface area contributed by atoms with E-state index in [1.165, 1.54) is 12.1 Å². The number of halogens is 3. The zero-order valence-corrected chi connectivity index (χ0v) is 16.7. The second-order valence-electron chi connectivity index (χ2n) is 6.97. The van der Waals surface area contributed by atoms with Crippen molar-refractivity contribution in [2.75, 3.05) is 20.6 Å². The fraction of sp³-hybridized carbons (Fsp3) is 0.300. The Morgan fingerprint density at radius 2 is 1.72 bits per heavy atom. The van der Waals surface area contributed by atoms with E-state index < -0.39 is 27.5 Å². The molecule has 0 spiro atoms. The lowest BCUT2D eigenvalue weighted by atomic mass is 10.1. The predicted octanol–water partition coefficient (Wildman–Crippen LogP) is 4.17. The monoisotopic (exact) mass is 426 g/mol. The molecule has 0 radical (unpaired) electrons. The van der Waals surface area contributed by atoms with Gasteiger partial charge in [0.25, 0.3) is 0 Å². The minimum absolute atomic E-state index is 0.0653. The normalized spacial score (nSPS) is 13.9. The van der Waals surface area contributed by atoms with Gasteiger partial charge in [0.1, 0.15) is 11.3 Å². The summed E-state index contributed by atoms with van der Waals surface area (Å²) >= 11 is 0. The van der Waals surface area contributed by atoms with E-state index in [1.807, 2.05) is 49.3 Å². The fourth-order valence-corrected chi connectivity index (χ4v) is 4.12. The number of hydrogen-bond acceptors (Lipinski definition) is 4. The van der Waals surface area contributed by atoms with E-state index in [4.69, 9.17) is 4.42 Å². The molecule has 0 amide bonds. The molecule has 3 aromatic rings. The molecular weight excluding hydrogens is 405 g/mol. The molecule has 0 unspecified atom stereocenters. The first kappa shape index (κ1) is 21.4. The van der Waals surface area contributed by atoms with Crippen LogP contribution >= 0.6 is 0 Å². The van der Waals surface area contributed by atoms with Crippen molar-refractivity contribution >= 4 is 21.0 Å². The van der Waals surface area contributed by atoms with Gasteiger partial charge in [-0.1, -0.05) is 30.3 Å². The van der Waals surface area contributed by atoms with Gasteiger partial charge in [-0.15, -0.1) is 0 Å². The molecule has 1 aromatic heterocycles. The van der Waals surface area contributed by atoms with Crippen LogP contribution in [0.1, 0.15) is 22.9 Å². The van der Waals surface area contributed by atoms with E-state index in [0.29, 0.717) is 11.3 Å². The fourth-order valence-electron chi connectivity index (χ4n) is 2.97. The highest BCUT2D eigenvalue weighted by molar-refractivity contribution is 7.88. The maximum absolute atomic E-state index is 12.6. The molecule has 0 bridgehead atoms. The Kier molecular flexibility index (Phi) is 6.02. The molecule has 3 rings (SSSR count). The molecule has 2 aromatic carbocycles. The summed E-state index contributed by atoms with van der Waals surface area (Å²) in [5, 5.41) is 0.918. The van der Waals surface area contributed by atoms with Crippen LogP contribution in [0.25, 0.3) is 11.0 Å². The summed E-state index contributed by atoms with van der Waals surface area (Å²) in [4.78, 5) is 1.83. The number of likely N-dealkylation sites (N-methyl/N-ethyl adjacent to an activating group) is 1. The molecule has 156 valence electrons. The summed E-state index contributed by atoms with van der Waals surface area (Å²) in [7, 11) is -0.134. The summed E-state index contributed by atoms with van der Waals surface area (Å²) in [5.74, 6) is 0.208. The van der Waals surface area contributed by atoms with E-state index in [9.17, 15) is 21.6 Å². The molecule has 1 atom stereocenters. The minimum atomic E-state index is -4.46. The standard InChI is InChI=1S/C20H21F3N2O3S/c1-25(2)17(19-11-15-5-3-4-6-18(15)28-19)12-24-29(26,27)13-14-7-9-16(10-8-14)20(21,22)23/h3-11,17,24H,12-13H2,1-2H3/t17-/m1/s1. The Morgan fingerprint density at radius 3 is 2.31 bits per heavy atom. The van der Waals surface area contributed by atoms with Gasteiger partial charge in [0.15, 0.2) is 0 Å². The Morgan fingerprint density at radius 1 is 1.07 bits per heavy atom. The van der Waals surface area contributed by atoms with Crippen LogP contribution in [-0.2, 0) is 22.0 Å². The van der Waals surface area contributed by atoms with Gasteiger partial charge in [-0.2, -0.15) is 13.2 Å². The second-order valence-corrected chi connectivity index (χ2v) is 8.78. The third kappa shape index (κ3) is 5.37. The van der Waals surface area contributed by atoms with Gasteiger partial charge < -0.3 is 4.42 Å². The topological polar surface area (TPSA) is 62.6 Å². The number of fused-ring (bicyclic) bond motifs is 1. The van der Waals surface area contributed by atoms with Crippen LogP contribution in [0.4, 0.5) is 13.2 Å². The van der Waals surface area contributed by atoms with Crippen LogP contribution in [0.5, 0.6) is 0 Å². The van der Waals surface area contributed by atoms with Gasteiger partial charge in [-0.05, 0) is 43.9 Å². The Balaban J connectivity index is 1.70. The van der Waals surface area contributed by atoms with Crippen molar-refractivity contribution in [1.29, 1.82) is 0 Å². The van der Waals surface area contributed by atoms with Crippen molar-refractivity contribution in [2.45, 2.75) is 18.0 Å². The van der Waals surface area contributed by atoms with Crippen molar-refractivity contribution in [3.8, 4) is 0 Å². The summed E-state index contributed by atoms with van der Waals surface area (Å²) < 4.78 is 71.1. The van der Waals surface area contributed by atoms with Crippen LogP contribution in [-0.4, -0.2) is 34.0 Å². The lowest BCUT2D eigenvalue weighted by Crippen LogP contribution is -2.35. The van der Waals surface area contributed by atoms with Crippen molar-refractivity contribution < 1.29 is 26.0 Å². The smallest absolute Gasteiger partial charge is 0.416 e. The van der Waals surface area contributed by atoms with Gasteiger partial charge in [0, 0.05) is 11.9 Å². The summed E-state index contributed by atoms with van der Waals surface area (Å²) in [6.45, 7) is 0.0653. The highest BCUT2D eigenvalue weighted by Crippen LogP contribution is 2.29. The molecule has 0 aliphatic heterocycles. The lowest BCUT2D eigenvalue weighted by molar-refractivity contribution is -0.137. The Labute approximate surface area is 167 Å². The molecule has 0 aliphatic rings. The van der Waals surface area contributed by atoms with Gasteiger partial charge >= 0.3 is 6.18 Å². The van der Waals surface area contributed by atoms with Crippen LogP contribution < -0.4 is 4.72 Å². The second kappa shape index (κ2) is 8.17. The highest BCUT2D eigenvalue weighted by Gasteiger charge is 2.30. The molecule has 0 fully saturated rings. The lowest BCUT2D eigenvalue weighted by Gasteiger charge is -2.22. The van der Waals surface area contributed by atoms with Crippen molar-refractivity contribution in [3.05, 3.63) is 71.5 Å². The zero-order chi connectivity index (χ0) is 21.2. The van der Waals surface area contributed by atoms with E-state index in [-0.39, 0.29) is 18.2 Å². The minimum Gasteiger partial charge on any atom is -0.459 e. The quantitative estimate of drug-likeness (QED) is 0.616. The summed E-state index contributed by atoms with van der Waals surface area (Å²) in [5.41, 5.74) is 0.168. The number of benzene rings is 2. The van der Waals surface area contributed by atoms with Crippen molar-refractivity contribution in [3.63, 3.8) is 0 Å². The molecule has 0 saturated heterocycles. The summed E-state index contributed by atoms with van der Waals surface area (Å²) in [6.07, 6.45) is -4.46. The average molecular weight is 426 g/mol. The Hall–Kier alpha value is -2.36. The average Bonchev–Trinajstić information content (AvgIpc) is 3.04. The highest BCUT2D eigenvalue weighted by atomic mass is 32.2. The largest absolute Gasteiger partial charge is 0.459 e. The third-order valence-corrected chi connectivity index (χ3v) is 5.85. The maximum atomic E-state index is 12.6. The number of sulfonamides is 1. The van der Waals surface area contributed by atoms with E-state index in [0.717, 1.165) is 17.5 Å². The molecule has 1 heterocycles. The van der Waals surface area contributed by atoms with Crippen LogP contribution in [0.3, 0.4) is 0 Å². The predicted molar refractivity (Wildman–Crippen MR) is 105 cm³/mol. The number of furan rings is 1. The molecular formula is C20H21F3N2O3S. The van der Waals surface area contributed by atoms with E-state index >= 15 is 0 Å². The van der Waals surface area contributed by atoms with Crippen LogP contribution in [0.2, 0.25) is 0 Å². The number of nitrogens with one attached hydrogen (secondary N) is 1. The van der Waals surface area contributed by atoms with Gasteiger partial charge in [0.2, 0.25) is 10.0 Å². The first-order chi connectivity index (χ1) is 13.5. The SMILES string of the molecule is CN(C)[C@H](CNS(=O)(=O)Cc1ccc(C(F)(F)F)cc1)c1cc2ccccc2o1. The van der Waals surface area contributed by atoms with E-state index in [1.54, 1.807) is 0 Å². The van der Waals surface area contributed by atoms with E-state index in [2.05, 4.69) is 4.72 Å². The molecule has 29 heavy (non-hydrogen) atoms. The molecule has 0 saturated carbocycles. The molecule has 9 heteroatoms. The molecule has 5 nitrogen and oxygen atoms in total. The third-order valence-electron chi connectivity index (χ3n) is 4.53. The van der Waals surface area contributed by atoms with Gasteiger partial charge in [-0.25, -0.2) is 13.1 Å². The van der Waals surface area contributed by atoms with Crippen molar-refractivity contribution in [1.82, 2.24) is 9.62 Å². The summed E-state index contributed by atoms with van der Waals surface area (Å²) in [6, 6.07) is 13.1. The number of rotatable bonds is 7. The number of para-hydroxylation sites is 1. The first-order valence-corrected chi connectivity index (χ1v) is 10.5. The molecule has 0 aliphatic carbocycles. The van der Waals surface area contributed by atoms with Crippen LogP contribution in [0, 0.1) is 0 Å². The zero-order valence-electron chi connectivity index (χ0n) is 15.9.